The molecule has 0 aliphatic carbocycles. The summed E-state index contributed by atoms with van der Waals surface area (Å²) in [6, 6.07) is 5.41. The SMILES string of the molecule is C#CC1CC(=O)N(c2cc(NC(=O)OC(C)(C)C)ccc2C)C1. The minimum atomic E-state index is -0.567. The number of rotatable bonds is 2. The molecule has 5 heteroatoms. The van der Waals surface area contributed by atoms with E-state index in [1.807, 2.05) is 13.0 Å². The molecule has 1 aliphatic rings. The van der Waals surface area contributed by atoms with E-state index in [-0.39, 0.29) is 11.8 Å². The Bertz CT molecular complexity index is 668. The second-order valence-electron chi connectivity index (χ2n) is 6.70. The van der Waals surface area contributed by atoms with Gasteiger partial charge in [0.2, 0.25) is 5.91 Å². The van der Waals surface area contributed by atoms with Crippen molar-refractivity contribution in [3.8, 4) is 12.3 Å². The van der Waals surface area contributed by atoms with Crippen LogP contribution in [-0.2, 0) is 9.53 Å². The van der Waals surface area contributed by atoms with Gasteiger partial charge in [0, 0.05) is 30.3 Å². The van der Waals surface area contributed by atoms with Crippen molar-refractivity contribution in [2.24, 2.45) is 5.92 Å². The number of anilines is 2. The van der Waals surface area contributed by atoms with Crippen LogP contribution < -0.4 is 10.2 Å². The van der Waals surface area contributed by atoms with Crippen molar-refractivity contribution in [3.63, 3.8) is 0 Å². The van der Waals surface area contributed by atoms with Crippen molar-refractivity contribution in [1.82, 2.24) is 0 Å². The number of hydrogen-bond acceptors (Lipinski definition) is 3. The van der Waals surface area contributed by atoms with Gasteiger partial charge in [0.25, 0.3) is 0 Å². The molecule has 1 aliphatic heterocycles. The summed E-state index contributed by atoms with van der Waals surface area (Å²) in [6.07, 6.45) is 5.26. The van der Waals surface area contributed by atoms with Crippen LogP contribution in [0.2, 0.25) is 0 Å². The minimum absolute atomic E-state index is 0.00506. The third-order valence-electron chi connectivity index (χ3n) is 3.51. The van der Waals surface area contributed by atoms with Crippen LogP contribution in [0, 0.1) is 25.2 Å². The van der Waals surface area contributed by atoms with Gasteiger partial charge in [-0.1, -0.05) is 6.07 Å². The number of nitrogens with one attached hydrogen (secondary N) is 1. The minimum Gasteiger partial charge on any atom is -0.444 e. The van der Waals surface area contributed by atoms with E-state index in [9.17, 15) is 9.59 Å². The van der Waals surface area contributed by atoms with Crippen molar-refractivity contribution in [3.05, 3.63) is 23.8 Å². The summed E-state index contributed by atoms with van der Waals surface area (Å²) in [5, 5.41) is 2.69. The Morgan fingerprint density at radius 1 is 1.43 bits per heavy atom. The van der Waals surface area contributed by atoms with Crippen molar-refractivity contribution in [1.29, 1.82) is 0 Å². The Kier molecular flexibility index (Phi) is 4.65. The van der Waals surface area contributed by atoms with E-state index in [0.29, 0.717) is 18.7 Å². The first kappa shape index (κ1) is 16.9. The molecule has 122 valence electrons. The lowest BCUT2D eigenvalue weighted by Crippen LogP contribution is -2.28. The van der Waals surface area contributed by atoms with Crippen LogP contribution in [0.3, 0.4) is 0 Å². The maximum absolute atomic E-state index is 12.1. The highest BCUT2D eigenvalue weighted by Gasteiger charge is 2.30. The second-order valence-corrected chi connectivity index (χ2v) is 6.70. The van der Waals surface area contributed by atoms with E-state index < -0.39 is 11.7 Å². The Balaban J connectivity index is 2.18. The summed E-state index contributed by atoms with van der Waals surface area (Å²) in [6.45, 7) is 7.83. The number of hydrogen-bond donors (Lipinski definition) is 1. The molecule has 2 amide bonds. The fourth-order valence-corrected chi connectivity index (χ4v) is 2.45. The number of terminal acetylenes is 1. The molecule has 0 spiro atoms. The molecule has 1 N–H and O–H groups in total. The molecule has 2 rings (SSSR count). The first-order chi connectivity index (χ1) is 10.7. The third-order valence-corrected chi connectivity index (χ3v) is 3.51. The van der Waals surface area contributed by atoms with Gasteiger partial charge in [0.1, 0.15) is 5.60 Å². The maximum atomic E-state index is 12.1. The fraction of sp³-hybridized carbons (Fsp3) is 0.444. The molecule has 0 saturated carbocycles. The average Bonchev–Trinajstić information content (AvgIpc) is 2.80. The van der Waals surface area contributed by atoms with E-state index in [4.69, 9.17) is 11.2 Å². The Labute approximate surface area is 137 Å². The van der Waals surface area contributed by atoms with Crippen LogP contribution in [0.15, 0.2) is 18.2 Å². The van der Waals surface area contributed by atoms with Gasteiger partial charge in [-0.2, -0.15) is 0 Å². The van der Waals surface area contributed by atoms with E-state index >= 15 is 0 Å². The van der Waals surface area contributed by atoms with Crippen molar-refractivity contribution >= 4 is 23.4 Å². The molecular formula is C18H22N2O3. The molecule has 1 fully saturated rings. The zero-order chi connectivity index (χ0) is 17.2. The summed E-state index contributed by atoms with van der Waals surface area (Å²) in [5.41, 5.74) is 1.73. The zero-order valence-corrected chi connectivity index (χ0v) is 14.0. The van der Waals surface area contributed by atoms with Gasteiger partial charge in [-0.05, 0) is 45.4 Å². The van der Waals surface area contributed by atoms with E-state index in [0.717, 1.165) is 11.3 Å². The Morgan fingerprint density at radius 2 is 2.13 bits per heavy atom. The van der Waals surface area contributed by atoms with Gasteiger partial charge >= 0.3 is 6.09 Å². The molecule has 0 bridgehead atoms. The predicted molar refractivity (Wildman–Crippen MR) is 90.3 cm³/mol. The molecule has 0 radical (unpaired) electrons. The predicted octanol–water partition coefficient (Wildman–Crippen LogP) is 3.33. The molecule has 5 nitrogen and oxygen atoms in total. The van der Waals surface area contributed by atoms with Crippen LogP contribution in [0.25, 0.3) is 0 Å². The lowest BCUT2D eigenvalue weighted by atomic mass is 10.1. The highest BCUT2D eigenvalue weighted by atomic mass is 16.6. The number of ether oxygens (including phenoxy) is 1. The van der Waals surface area contributed by atoms with Crippen LogP contribution >= 0.6 is 0 Å². The molecule has 1 atom stereocenters. The lowest BCUT2D eigenvalue weighted by molar-refractivity contribution is -0.117. The smallest absolute Gasteiger partial charge is 0.412 e. The van der Waals surface area contributed by atoms with Gasteiger partial charge < -0.3 is 9.64 Å². The van der Waals surface area contributed by atoms with Gasteiger partial charge in [-0.25, -0.2) is 4.79 Å². The zero-order valence-electron chi connectivity index (χ0n) is 14.0. The lowest BCUT2D eigenvalue weighted by Gasteiger charge is -2.22. The quantitative estimate of drug-likeness (QED) is 0.852. The Hall–Kier alpha value is -2.48. The topological polar surface area (TPSA) is 58.6 Å². The molecule has 1 aromatic carbocycles. The van der Waals surface area contributed by atoms with Gasteiger partial charge in [-0.15, -0.1) is 12.3 Å². The molecule has 1 saturated heterocycles. The summed E-state index contributed by atoms with van der Waals surface area (Å²) >= 11 is 0. The van der Waals surface area contributed by atoms with Crippen molar-refractivity contribution < 1.29 is 14.3 Å². The van der Waals surface area contributed by atoms with Crippen LogP contribution in [0.1, 0.15) is 32.8 Å². The third kappa shape index (κ3) is 4.26. The van der Waals surface area contributed by atoms with Gasteiger partial charge in [-0.3, -0.25) is 10.1 Å². The number of aryl methyl sites for hydroxylation is 1. The first-order valence-corrected chi connectivity index (χ1v) is 7.57. The maximum Gasteiger partial charge on any atom is 0.412 e. The van der Waals surface area contributed by atoms with E-state index in [1.54, 1.807) is 37.8 Å². The van der Waals surface area contributed by atoms with Crippen LogP contribution in [-0.4, -0.2) is 24.1 Å². The molecule has 23 heavy (non-hydrogen) atoms. The summed E-state index contributed by atoms with van der Waals surface area (Å²) < 4.78 is 5.24. The van der Waals surface area contributed by atoms with E-state index in [1.165, 1.54) is 0 Å². The summed E-state index contributed by atoms with van der Waals surface area (Å²) in [7, 11) is 0. The van der Waals surface area contributed by atoms with Crippen LogP contribution in [0.5, 0.6) is 0 Å². The first-order valence-electron chi connectivity index (χ1n) is 7.57. The highest BCUT2D eigenvalue weighted by Crippen LogP contribution is 2.30. The van der Waals surface area contributed by atoms with E-state index in [2.05, 4.69) is 11.2 Å². The number of carbonyl (C=O) groups excluding carboxylic acids is 2. The summed E-state index contributed by atoms with van der Waals surface area (Å²) in [5.74, 6) is 2.57. The normalized spacial score (nSPS) is 17.8. The monoisotopic (exact) mass is 314 g/mol. The van der Waals surface area contributed by atoms with Gasteiger partial charge in [0.05, 0.1) is 0 Å². The molecule has 1 heterocycles. The largest absolute Gasteiger partial charge is 0.444 e. The molecule has 1 aromatic rings. The van der Waals surface area contributed by atoms with Gasteiger partial charge in [0.15, 0.2) is 0 Å². The Morgan fingerprint density at radius 3 is 2.70 bits per heavy atom. The molecular weight excluding hydrogens is 292 g/mol. The number of nitrogens with zero attached hydrogens (tertiary/aromatic N) is 1. The number of amides is 2. The second kappa shape index (κ2) is 6.33. The van der Waals surface area contributed by atoms with Crippen LogP contribution in [0.4, 0.5) is 16.2 Å². The average molecular weight is 314 g/mol. The number of carbonyl (C=O) groups is 2. The molecule has 1 unspecified atom stereocenters. The number of benzene rings is 1. The standard InChI is InChI=1S/C18H22N2O3/c1-6-13-9-16(21)20(11-13)15-10-14(8-7-12(15)2)19-17(22)23-18(3,4)5/h1,7-8,10,13H,9,11H2,2-5H3,(H,19,22). The van der Waals surface area contributed by atoms with Crippen molar-refractivity contribution in [2.45, 2.75) is 39.7 Å². The van der Waals surface area contributed by atoms with Crippen molar-refractivity contribution in [2.75, 3.05) is 16.8 Å². The summed E-state index contributed by atoms with van der Waals surface area (Å²) in [4.78, 5) is 25.7. The molecule has 0 aromatic heterocycles. The highest BCUT2D eigenvalue weighted by molar-refractivity contribution is 5.98. The fourth-order valence-electron chi connectivity index (χ4n) is 2.45.